The van der Waals surface area contributed by atoms with Crippen LogP contribution < -0.4 is 15.5 Å². The average Bonchev–Trinajstić information content (AvgIpc) is 2.49. The lowest BCUT2D eigenvalue weighted by molar-refractivity contribution is 0.102. The van der Waals surface area contributed by atoms with Crippen LogP contribution in [0.3, 0.4) is 0 Å². The number of rotatable bonds is 6. The summed E-state index contributed by atoms with van der Waals surface area (Å²) in [6, 6.07) is 4.56. The van der Waals surface area contributed by atoms with Crippen molar-refractivity contribution in [3.8, 4) is 5.88 Å². The van der Waals surface area contributed by atoms with Crippen LogP contribution in [0.4, 0.5) is 5.69 Å². The molecule has 2 aromatic rings. The summed E-state index contributed by atoms with van der Waals surface area (Å²) in [6.45, 7) is 0.867. The van der Waals surface area contributed by atoms with E-state index < -0.39 is 5.91 Å². The highest BCUT2D eigenvalue weighted by atomic mass is 16.5. The van der Waals surface area contributed by atoms with Gasteiger partial charge in [-0.25, -0.2) is 4.98 Å². The van der Waals surface area contributed by atoms with Gasteiger partial charge < -0.3 is 19.8 Å². The first kappa shape index (κ1) is 14.7. The van der Waals surface area contributed by atoms with Crippen molar-refractivity contribution in [2.45, 2.75) is 0 Å². The van der Waals surface area contributed by atoms with E-state index in [-0.39, 0.29) is 11.0 Å². The Labute approximate surface area is 120 Å². The fourth-order valence-electron chi connectivity index (χ4n) is 1.56. The number of nitrogens with zero attached hydrogens (tertiary/aromatic N) is 1. The zero-order valence-corrected chi connectivity index (χ0v) is 11.5. The number of H-pyrrole nitrogens is 1. The molecule has 0 saturated heterocycles. The van der Waals surface area contributed by atoms with Gasteiger partial charge in [-0.2, -0.15) is 0 Å². The van der Waals surface area contributed by atoms with Crippen LogP contribution in [0.5, 0.6) is 5.88 Å². The molecule has 21 heavy (non-hydrogen) atoms. The molecule has 110 valence electrons. The number of ether oxygens (including phenoxy) is 2. The van der Waals surface area contributed by atoms with Gasteiger partial charge in [-0.15, -0.1) is 0 Å². The number of methoxy groups -OCH3 is 1. The second-order valence-corrected chi connectivity index (χ2v) is 4.10. The molecule has 0 aromatic carbocycles. The maximum atomic E-state index is 11.9. The molecule has 2 rings (SSSR count). The van der Waals surface area contributed by atoms with Crippen molar-refractivity contribution in [2.24, 2.45) is 0 Å². The highest BCUT2D eigenvalue weighted by molar-refractivity contribution is 6.03. The van der Waals surface area contributed by atoms with Gasteiger partial charge in [-0.05, 0) is 6.07 Å². The molecular weight excluding hydrogens is 274 g/mol. The van der Waals surface area contributed by atoms with Crippen molar-refractivity contribution in [2.75, 3.05) is 25.6 Å². The molecule has 0 radical (unpaired) electrons. The number of carbonyl (C=O) groups is 1. The molecule has 0 atom stereocenters. The van der Waals surface area contributed by atoms with Gasteiger partial charge >= 0.3 is 0 Å². The number of aromatic amines is 1. The number of anilines is 1. The summed E-state index contributed by atoms with van der Waals surface area (Å²) in [5, 5.41) is 2.59. The predicted octanol–water partition coefficient (Wildman–Crippen LogP) is 1.05. The lowest BCUT2D eigenvalue weighted by Crippen LogP contribution is -2.20. The van der Waals surface area contributed by atoms with E-state index in [1.807, 2.05) is 0 Å². The van der Waals surface area contributed by atoms with Gasteiger partial charge in [-0.1, -0.05) is 0 Å². The summed E-state index contributed by atoms with van der Waals surface area (Å²) >= 11 is 0. The van der Waals surface area contributed by atoms with Crippen molar-refractivity contribution < 1.29 is 14.3 Å². The lowest BCUT2D eigenvalue weighted by Gasteiger charge is -2.06. The zero-order valence-electron chi connectivity index (χ0n) is 11.5. The molecule has 1 amide bonds. The van der Waals surface area contributed by atoms with Gasteiger partial charge in [0.05, 0.1) is 18.5 Å². The fraction of sp³-hybridized carbons (Fsp3) is 0.214. The largest absolute Gasteiger partial charge is 0.475 e. The number of nitrogens with one attached hydrogen (secondary N) is 2. The zero-order chi connectivity index (χ0) is 15.1. The number of amides is 1. The van der Waals surface area contributed by atoms with E-state index >= 15 is 0 Å². The first-order valence-electron chi connectivity index (χ1n) is 6.27. The Hall–Kier alpha value is -2.67. The van der Waals surface area contributed by atoms with Gasteiger partial charge in [0, 0.05) is 31.6 Å². The second kappa shape index (κ2) is 7.20. The Morgan fingerprint density at radius 3 is 2.86 bits per heavy atom. The molecule has 7 nitrogen and oxygen atoms in total. The Bertz CT molecular complexity index is 652. The highest BCUT2D eigenvalue weighted by Gasteiger charge is 2.09. The number of aromatic nitrogens is 2. The molecule has 0 bridgehead atoms. The fourth-order valence-corrected chi connectivity index (χ4v) is 1.56. The van der Waals surface area contributed by atoms with Crippen LogP contribution in [0.1, 0.15) is 10.4 Å². The van der Waals surface area contributed by atoms with Gasteiger partial charge in [0.25, 0.3) is 5.91 Å². The number of hydrogen-bond acceptors (Lipinski definition) is 5. The molecule has 0 fully saturated rings. The van der Waals surface area contributed by atoms with Crippen LogP contribution in [0.15, 0.2) is 41.6 Å². The van der Waals surface area contributed by atoms with Crippen LogP contribution >= 0.6 is 0 Å². The Balaban J connectivity index is 1.99. The Morgan fingerprint density at radius 2 is 2.19 bits per heavy atom. The third-order valence-electron chi connectivity index (χ3n) is 2.60. The summed E-state index contributed by atoms with van der Waals surface area (Å²) in [7, 11) is 1.58. The molecular formula is C14H15N3O4. The summed E-state index contributed by atoms with van der Waals surface area (Å²) in [4.78, 5) is 30.2. The molecule has 0 aliphatic rings. The van der Waals surface area contributed by atoms with E-state index in [1.165, 1.54) is 24.7 Å². The minimum absolute atomic E-state index is 0.0397. The number of carbonyl (C=O) groups excluding carboxylic acids is 1. The minimum Gasteiger partial charge on any atom is -0.475 e. The average molecular weight is 289 g/mol. The van der Waals surface area contributed by atoms with Crippen molar-refractivity contribution >= 4 is 11.6 Å². The molecule has 2 aromatic heterocycles. The predicted molar refractivity (Wildman–Crippen MR) is 76.6 cm³/mol. The van der Waals surface area contributed by atoms with E-state index in [0.717, 1.165) is 0 Å². The van der Waals surface area contributed by atoms with Gasteiger partial charge in [0.15, 0.2) is 5.43 Å². The minimum atomic E-state index is -0.494. The smallest absolute Gasteiger partial charge is 0.261 e. The molecule has 0 aliphatic heterocycles. The summed E-state index contributed by atoms with van der Waals surface area (Å²) < 4.78 is 10.2. The van der Waals surface area contributed by atoms with Crippen molar-refractivity contribution in [3.63, 3.8) is 0 Å². The van der Waals surface area contributed by atoms with E-state index in [0.29, 0.717) is 24.8 Å². The van der Waals surface area contributed by atoms with Crippen LogP contribution in [-0.4, -0.2) is 36.2 Å². The van der Waals surface area contributed by atoms with Gasteiger partial charge in [0.1, 0.15) is 12.2 Å². The second-order valence-electron chi connectivity index (χ2n) is 4.10. The third-order valence-corrected chi connectivity index (χ3v) is 2.60. The normalized spacial score (nSPS) is 10.1. The van der Waals surface area contributed by atoms with Gasteiger partial charge in [0.2, 0.25) is 5.88 Å². The molecule has 2 N–H and O–H groups in total. The molecule has 0 unspecified atom stereocenters. The highest BCUT2D eigenvalue weighted by Crippen LogP contribution is 2.12. The monoisotopic (exact) mass is 289 g/mol. The van der Waals surface area contributed by atoms with Crippen LogP contribution in [0, 0.1) is 0 Å². The first-order valence-corrected chi connectivity index (χ1v) is 6.27. The number of hydrogen-bond donors (Lipinski definition) is 2. The summed E-state index contributed by atoms with van der Waals surface area (Å²) in [5.74, 6) is -0.0608. The first-order chi connectivity index (χ1) is 10.2. The summed E-state index contributed by atoms with van der Waals surface area (Å²) in [6.07, 6.45) is 4.28. The van der Waals surface area contributed by atoms with E-state index in [1.54, 1.807) is 19.2 Å². The van der Waals surface area contributed by atoms with Gasteiger partial charge in [-0.3, -0.25) is 9.59 Å². The third kappa shape index (κ3) is 4.15. The molecule has 0 spiro atoms. The molecule has 7 heteroatoms. The van der Waals surface area contributed by atoms with Crippen molar-refractivity contribution in [1.82, 2.24) is 9.97 Å². The maximum Gasteiger partial charge on any atom is 0.261 e. The summed E-state index contributed by atoms with van der Waals surface area (Å²) in [5.41, 5.74) is 0.166. The lowest BCUT2D eigenvalue weighted by atomic mass is 10.2. The Morgan fingerprint density at radius 1 is 1.33 bits per heavy atom. The topological polar surface area (TPSA) is 93.3 Å². The van der Waals surface area contributed by atoms with Crippen LogP contribution in [0.2, 0.25) is 0 Å². The van der Waals surface area contributed by atoms with Crippen molar-refractivity contribution in [1.29, 1.82) is 0 Å². The number of pyridine rings is 2. The SMILES string of the molecule is COCCOc1ccc(NC(=O)c2c[nH]ccc2=O)cn1. The standard InChI is InChI=1S/C14H15N3O4/c1-20-6-7-21-13-3-2-10(8-16-13)17-14(19)11-9-15-5-4-12(11)18/h2-5,8-9H,6-7H2,1H3,(H,15,18)(H,17,19). The van der Waals surface area contributed by atoms with E-state index in [9.17, 15) is 9.59 Å². The van der Waals surface area contributed by atoms with Crippen molar-refractivity contribution in [3.05, 3.63) is 52.6 Å². The van der Waals surface area contributed by atoms with Crippen LogP contribution in [-0.2, 0) is 4.74 Å². The maximum absolute atomic E-state index is 11.9. The molecule has 2 heterocycles. The molecule has 0 aliphatic carbocycles. The van der Waals surface area contributed by atoms with E-state index in [4.69, 9.17) is 9.47 Å². The quantitative estimate of drug-likeness (QED) is 0.775. The van der Waals surface area contributed by atoms with E-state index in [2.05, 4.69) is 15.3 Å². The van der Waals surface area contributed by atoms with Crippen LogP contribution in [0.25, 0.3) is 0 Å². The molecule has 0 saturated carbocycles. The Kier molecular flexibility index (Phi) is 5.05.